The van der Waals surface area contributed by atoms with E-state index in [1.54, 1.807) is 18.2 Å². The van der Waals surface area contributed by atoms with Crippen LogP contribution in [0.1, 0.15) is 19.4 Å². The Hall–Kier alpha value is -1.62. The lowest BCUT2D eigenvalue weighted by molar-refractivity contribution is -0.113. The van der Waals surface area contributed by atoms with Crippen molar-refractivity contribution in [1.29, 1.82) is 0 Å². The molecule has 0 saturated heterocycles. The Bertz CT molecular complexity index is 533. The Kier molecular flexibility index (Phi) is 4.37. The van der Waals surface area contributed by atoms with Crippen LogP contribution in [0.2, 0.25) is 0 Å². The van der Waals surface area contributed by atoms with Crippen LogP contribution in [-0.4, -0.2) is 29.1 Å². The number of amidine groups is 1. The highest BCUT2D eigenvalue weighted by Crippen LogP contribution is 2.30. The van der Waals surface area contributed by atoms with Gasteiger partial charge in [-0.1, -0.05) is 12.1 Å². The molecule has 0 N–H and O–H groups in total. The van der Waals surface area contributed by atoms with Gasteiger partial charge in [0.05, 0.1) is 4.91 Å². The number of amides is 1. The highest BCUT2D eigenvalue weighted by atomic mass is 32.2. The minimum absolute atomic E-state index is 0.226. The van der Waals surface area contributed by atoms with Gasteiger partial charge < -0.3 is 4.90 Å². The molecule has 0 spiro atoms. The maximum absolute atomic E-state index is 12.8. The smallest absolute Gasteiger partial charge is 0.286 e. The first-order chi connectivity index (χ1) is 9.13. The molecule has 1 aromatic rings. The Balaban J connectivity index is 2.17. The number of benzene rings is 1. The van der Waals surface area contributed by atoms with E-state index >= 15 is 0 Å². The van der Waals surface area contributed by atoms with Gasteiger partial charge in [0.2, 0.25) is 0 Å². The third-order valence-electron chi connectivity index (χ3n) is 2.81. The zero-order chi connectivity index (χ0) is 13.8. The molecular weight excluding hydrogens is 263 g/mol. The van der Waals surface area contributed by atoms with Crippen molar-refractivity contribution in [2.24, 2.45) is 4.99 Å². The lowest BCUT2D eigenvalue weighted by Crippen LogP contribution is -2.26. The van der Waals surface area contributed by atoms with Crippen LogP contribution in [0.3, 0.4) is 0 Å². The molecule has 0 atom stereocenters. The normalized spacial score (nSPS) is 16.9. The number of thioether (sulfide) groups is 1. The summed E-state index contributed by atoms with van der Waals surface area (Å²) in [5, 5.41) is 0.739. The maximum atomic E-state index is 12.8. The second-order valence-electron chi connectivity index (χ2n) is 4.03. The third-order valence-corrected chi connectivity index (χ3v) is 3.86. The number of carbonyl (C=O) groups excluding carboxylic acids is 1. The molecule has 1 heterocycles. The molecule has 19 heavy (non-hydrogen) atoms. The summed E-state index contributed by atoms with van der Waals surface area (Å²) < 4.78 is 12.8. The SMILES string of the molecule is CCN(CC)C1=NC(=O)/C(=C\c2ccc(F)cc2)S1. The van der Waals surface area contributed by atoms with Crippen molar-refractivity contribution < 1.29 is 9.18 Å². The predicted octanol–water partition coefficient (Wildman–Crippen LogP) is 3.14. The largest absolute Gasteiger partial charge is 0.351 e. The molecule has 0 aliphatic carbocycles. The fourth-order valence-corrected chi connectivity index (χ4v) is 2.78. The van der Waals surface area contributed by atoms with E-state index in [2.05, 4.69) is 4.99 Å². The van der Waals surface area contributed by atoms with Crippen molar-refractivity contribution >= 4 is 28.9 Å². The standard InChI is InChI=1S/C14H15FN2OS/c1-3-17(4-2)14-16-13(18)12(19-14)9-10-5-7-11(15)8-6-10/h5-9H,3-4H2,1-2H3/b12-9+. The fraction of sp³-hybridized carbons (Fsp3) is 0.286. The molecule has 3 nitrogen and oxygen atoms in total. The number of halogens is 1. The molecule has 2 rings (SSSR count). The molecule has 0 bridgehead atoms. The van der Waals surface area contributed by atoms with Gasteiger partial charge in [0.15, 0.2) is 5.17 Å². The van der Waals surface area contributed by atoms with E-state index in [0.717, 1.165) is 23.8 Å². The first kappa shape index (κ1) is 13.8. The van der Waals surface area contributed by atoms with Crippen molar-refractivity contribution in [2.45, 2.75) is 13.8 Å². The van der Waals surface area contributed by atoms with Crippen LogP contribution >= 0.6 is 11.8 Å². The van der Waals surface area contributed by atoms with E-state index < -0.39 is 0 Å². The molecule has 1 amide bonds. The predicted molar refractivity (Wildman–Crippen MR) is 77.3 cm³/mol. The van der Waals surface area contributed by atoms with Gasteiger partial charge in [0.25, 0.3) is 5.91 Å². The average molecular weight is 278 g/mol. The third kappa shape index (κ3) is 3.23. The molecule has 5 heteroatoms. The van der Waals surface area contributed by atoms with Crippen molar-refractivity contribution in [3.8, 4) is 0 Å². The summed E-state index contributed by atoms with van der Waals surface area (Å²) in [6.45, 7) is 5.69. The lowest BCUT2D eigenvalue weighted by Gasteiger charge is -2.18. The van der Waals surface area contributed by atoms with Gasteiger partial charge in [-0.05, 0) is 49.4 Å². The van der Waals surface area contributed by atoms with E-state index in [0.29, 0.717) is 4.91 Å². The van der Waals surface area contributed by atoms with E-state index in [-0.39, 0.29) is 11.7 Å². The molecule has 100 valence electrons. The van der Waals surface area contributed by atoms with Crippen molar-refractivity contribution in [1.82, 2.24) is 4.90 Å². The molecule has 1 aromatic carbocycles. The number of rotatable bonds is 3. The van der Waals surface area contributed by atoms with Crippen LogP contribution in [0, 0.1) is 5.82 Å². The van der Waals surface area contributed by atoms with Gasteiger partial charge in [-0.2, -0.15) is 4.99 Å². The van der Waals surface area contributed by atoms with Gasteiger partial charge in [-0.25, -0.2) is 4.39 Å². The van der Waals surface area contributed by atoms with Crippen molar-refractivity contribution in [3.63, 3.8) is 0 Å². The molecular formula is C14H15FN2OS. The Morgan fingerprint density at radius 3 is 2.47 bits per heavy atom. The molecule has 0 saturated carbocycles. The summed E-state index contributed by atoms with van der Waals surface area (Å²) in [5.74, 6) is -0.510. The molecule has 0 unspecified atom stereocenters. The first-order valence-electron chi connectivity index (χ1n) is 6.17. The first-order valence-corrected chi connectivity index (χ1v) is 6.98. The van der Waals surface area contributed by atoms with Gasteiger partial charge in [0.1, 0.15) is 5.82 Å². The summed E-state index contributed by atoms with van der Waals surface area (Å²) in [5.41, 5.74) is 0.799. The van der Waals surface area contributed by atoms with Crippen LogP contribution in [0.5, 0.6) is 0 Å². The maximum Gasteiger partial charge on any atom is 0.286 e. The number of hydrogen-bond acceptors (Lipinski definition) is 3. The van der Waals surface area contributed by atoms with E-state index in [1.165, 1.54) is 23.9 Å². The van der Waals surface area contributed by atoms with Gasteiger partial charge in [-0.15, -0.1) is 0 Å². The number of carbonyl (C=O) groups is 1. The van der Waals surface area contributed by atoms with Gasteiger partial charge >= 0.3 is 0 Å². The van der Waals surface area contributed by atoms with E-state index in [9.17, 15) is 9.18 Å². The molecule has 1 aliphatic rings. The highest BCUT2D eigenvalue weighted by molar-refractivity contribution is 8.18. The molecule has 0 fully saturated rings. The summed E-state index contributed by atoms with van der Waals surface area (Å²) >= 11 is 1.37. The summed E-state index contributed by atoms with van der Waals surface area (Å²) in [4.78, 5) is 18.5. The van der Waals surface area contributed by atoms with Crippen LogP contribution in [0.4, 0.5) is 4.39 Å². The average Bonchev–Trinajstić information content (AvgIpc) is 2.75. The topological polar surface area (TPSA) is 32.7 Å². The Morgan fingerprint density at radius 2 is 1.89 bits per heavy atom. The molecule has 0 radical (unpaired) electrons. The van der Waals surface area contributed by atoms with Gasteiger partial charge in [-0.3, -0.25) is 4.79 Å². The Labute approximate surface area is 116 Å². The van der Waals surface area contributed by atoms with Crippen molar-refractivity contribution in [2.75, 3.05) is 13.1 Å². The molecule has 1 aliphatic heterocycles. The number of nitrogens with zero attached hydrogens (tertiary/aromatic N) is 2. The second-order valence-corrected chi connectivity index (χ2v) is 5.04. The number of aliphatic imine (C=N–C) groups is 1. The van der Waals surface area contributed by atoms with Crippen LogP contribution in [-0.2, 0) is 4.79 Å². The quantitative estimate of drug-likeness (QED) is 0.796. The van der Waals surface area contributed by atoms with Crippen LogP contribution in [0.15, 0.2) is 34.2 Å². The van der Waals surface area contributed by atoms with Crippen molar-refractivity contribution in [3.05, 3.63) is 40.6 Å². The van der Waals surface area contributed by atoms with Gasteiger partial charge in [0, 0.05) is 13.1 Å². The lowest BCUT2D eigenvalue weighted by atomic mass is 10.2. The molecule has 0 aromatic heterocycles. The van der Waals surface area contributed by atoms with E-state index in [4.69, 9.17) is 0 Å². The highest BCUT2D eigenvalue weighted by Gasteiger charge is 2.24. The van der Waals surface area contributed by atoms with E-state index in [1.807, 2.05) is 18.7 Å². The second kappa shape index (κ2) is 6.02. The summed E-state index contributed by atoms with van der Waals surface area (Å²) in [6, 6.07) is 6.04. The number of hydrogen-bond donors (Lipinski definition) is 0. The monoisotopic (exact) mass is 278 g/mol. The summed E-state index contributed by atoms with van der Waals surface area (Å²) in [6.07, 6.45) is 1.74. The zero-order valence-corrected chi connectivity index (χ0v) is 11.7. The minimum Gasteiger partial charge on any atom is -0.351 e. The van der Waals surface area contributed by atoms with Crippen LogP contribution < -0.4 is 0 Å². The minimum atomic E-state index is -0.285. The van der Waals surface area contributed by atoms with Crippen LogP contribution in [0.25, 0.3) is 6.08 Å². The Morgan fingerprint density at radius 1 is 1.26 bits per heavy atom. The zero-order valence-electron chi connectivity index (χ0n) is 10.9. The fourth-order valence-electron chi connectivity index (χ4n) is 1.74. The summed E-state index contributed by atoms with van der Waals surface area (Å²) in [7, 11) is 0.